The number of ketones is 1. The number of fused-ring (bicyclic) bond motifs is 6. The molecule has 5 rings (SSSR count). The molecule has 5 nitrogen and oxygen atoms in total. The van der Waals surface area contributed by atoms with E-state index >= 15 is 0 Å². The summed E-state index contributed by atoms with van der Waals surface area (Å²) in [6.07, 6.45) is 5.36. The molecule has 0 aliphatic carbocycles. The third-order valence-electron chi connectivity index (χ3n) is 7.05. The van der Waals surface area contributed by atoms with Crippen LogP contribution in [0.4, 0.5) is 0 Å². The van der Waals surface area contributed by atoms with Crippen LogP contribution in [-0.4, -0.2) is 22.9 Å². The van der Waals surface area contributed by atoms with E-state index in [2.05, 4.69) is 6.07 Å². The van der Waals surface area contributed by atoms with Crippen LogP contribution in [0.2, 0.25) is 5.82 Å². The second-order valence-corrected chi connectivity index (χ2v) is 8.97. The van der Waals surface area contributed by atoms with Gasteiger partial charge in [-0.2, -0.15) is 0 Å². The maximum absolute atomic E-state index is 13.2. The minimum absolute atomic E-state index is 0.0324. The van der Waals surface area contributed by atoms with Crippen LogP contribution in [0.25, 0.3) is 11.0 Å². The minimum Gasteiger partial charge on any atom is -0.464 e. The molecule has 1 fully saturated rings. The van der Waals surface area contributed by atoms with E-state index in [4.69, 9.17) is 9.15 Å². The Bertz CT molecular complexity index is 1120. The molecule has 3 atom stereocenters. The summed E-state index contributed by atoms with van der Waals surface area (Å²) in [6, 6.07) is 14.0. The van der Waals surface area contributed by atoms with Crippen LogP contribution in [0.1, 0.15) is 60.5 Å². The smallest absolute Gasteiger partial charge is 0.455 e. The van der Waals surface area contributed by atoms with Gasteiger partial charge < -0.3 is 19.2 Å². The molecule has 2 aromatic carbocycles. The lowest BCUT2D eigenvalue weighted by atomic mass is 9.67. The Morgan fingerprint density at radius 3 is 2.90 bits per heavy atom. The molecule has 2 N–H and O–H groups in total. The molecule has 0 unspecified atom stereocenters. The van der Waals surface area contributed by atoms with Crippen LogP contribution in [0, 0.1) is 6.92 Å². The molecule has 3 heterocycles. The number of hydrogen-bond acceptors (Lipinski definition) is 5. The Morgan fingerprint density at radius 2 is 2.06 bits per heavy atom. The number of furan rings is 1. The summed E-state index contributed by atoms with van der Waals surface area (Å²) < 4.78 is 11.9. The van der Waals surface area contributed by atoms with Crippen molar-refractivity contribution >= 4 is 23.9 Å². The average Bonchev–Trinajstić information content (AvgIpc) is 3.47. The molecule has 160 valence electrons. The van der Waals surface area contributed by atoms with E-state index in [1.807, 2.05) is 43.3 Å². The summed E-state index contributed by atoms with van der Waals surface area (Å²) in [5.41, 5.74) is 4.23. The number of Topliss-reactive ketones (excluding diaryl/α,β-unsaturated/α-hetero) is 1. The number of benzene rings is 2. The highest BCUT2D eigenvalue weighted by atomic mass is 16.5. The number of aryl methyl sites for hydroxylation is 1. The van der Waals surface area contributed by atoms with Crippen molar-refractivity contribution in [1.82, 2.24) is 0 Å². The highest BCUT2D eigenvalue weighted by Crippen LogP contribution is 2.55. The summed E-state index contributed by atoms with van der Waals surface area (Å²) in [4.78, 5) is 13.2. The topological polar surface area (TPSA) is 79.9 Å². The zero-order valence-corrected chi connectivity index (χ0v) is 17.7. The normalized spacial score (nSPS) is 22.6. The van der Waals surface area contributed by atoms with Crippen molar-refractivity contribution in [2.45, 2.75) is 63.0 Å². The van der Waals surface area contributed by atoms with Crippen molar-refractivity contribution in [1.29, 1.82) is 0 Å². The van der Waals surface area contributed by atoms with Gasteiger partial charge in [0, 0.05) is 11.8 Å². The van der Waals surface area contributed by atoms with Gasteiger partial charge in [0.25, 0.3) is 0 Å². The van der Waals surface area contributed by atoms with Crippen molar-refractivity contribution in [3.8, 4) is 0 Å². The summed E-state index contributed by atoms with van der Waals surface area (Å²) in [5.74, 6) is -0.254. The van der Waals surface area contributed by atoms with Crippen molar-refractivity contribution in [2.24, 2.45) is 0 Å². The van der Waals surface area contributed by atoms with Crippen LogP contribution in [0.5, 0.6) is 0 Å². The summed E-state index contributed by atoms with van der Waals surface area (Å²) >= 11 is 0. The minimum atomic E-state index is -1.44. The van der Waals surface area contributed by atoms with Crippen molar-refractivity contribution in [2.75, 3.05) is 0 Å². The van der Waals surface area contributed by atoms with E-state index in [-0.39, 0.29) is 17.7 Å². The second-order valence-electron chi connectivity index (χ2n) is 8.97. The lowest BCUT2D eigenvalue weighted by Gasteiger charge is -2.25. The standard InChI is InChI=1S/C25H27BO5/c1-16-6-4-9-19-17(15-30-24(16)19)14-18(26(28)29)7-5-11-23(27)25-13-12-22(31-25)20-8-2-3-10-21(20)25/h2-4,6,8-10,15,18,22,28-29H,5,7,11-14H2,1H3/t18-,22-,25+/m0/s1. The molecule has 0 radical (unpaired) electrons. The molecule has 2 bridgehead atoms. The largest absolute Gasteiger partial charge is 0.464 e. The zero-order valence-electron chi connectivity index (χ0n) is 17.7. The Morgan fingerprint density at radius 1 is 1.23 bits per heavy atom. The third-order valence-corrected chi connectivity index (χ3v) is 7.05. The second kappa shape index (κ2) is 7.94. The predicted molar refractivity (Wildman–Crippen MR) is 119 cm³/mol. The van der Waals surface area contributed by atoms with E-state index in [0.717, 1.165) is 46.1 Å². The molecule has 2 aliphatic rings. The van der Waals surface area contributed by atoms with Crippen LogP contribution in [0.3, 0.4) is 0 Å². The van der Waals surface area contributed by atoms with Gasteiger partial charge in [0.05, 0.1) is 12.4 Å². The molecule has 31 heavy (non-hydrogen) atoms. The first-order chi connectivity index (χ1) is 15.0. The Labute approximate surface area is 182 Å². The Kier molecular flexibility index (Phi) is 5.25. The van der Waals surface area contributed by atoms with Crippen molar-refractivity contribution in [3.05, 3.63) is 71.0 Å². The average molecular weight is 418 g/mol. The summed E-state index contributed by atoms with van der Waals surface area (Å²) in [6.45, 7) is 2.00. The van der Waals surface area contributed by atoms with Gasteiger partial charge in [0.1, 0.15) is 5.58 Å². The monoisotopic (exact) mass is 418 g/mol. The predicted octanol–water partition coefficient (Wildman–Crippen LogP) is 4.63. The SMILES string of the molecule is Cc1cccc2c(C[C@H](CCCC(=O)[C@]34CC[C@H](O3)c3ccccc34)B(O)O)coc12. The highest BCUT2D eigenvalue weighted by Gasteiger charge is 2.54. The molecule has 0 saturated carbocycles. The first-order valence-corrected chi connectivity index (χ1v) is 11.1. The number of hydrogen-bond donors (Lipinski definition) is 2. The van der Waals surface area contributed by atoms with Crippen LogP contribution < -0.4 is 0 Å². The molecule has 6 heteroatoms. The highest BCUT2D eigenvalue weighted by molar-refractivity contribution is 6.43. The van der Waals surface area contributed by atoms with Gasteiger partial charge in [-0.3, -0.25) is 4.79 Å². The van der Waals surface area contributed by atoms with Crippen LogP contribution in [-0.2, 0) is 21.6 Å². The lowest BCUT2D eigenvalue weighted by Crippen LogP contribution is -2.33. The molecule has 2 aliphatic heterocycles. The Hall–Kier alpha value is -2.41. The van der Waals surface area contributed by atoms with Crippen molar-refractivity contribution < 1.29 is 24.0 Å². The van der Waals surface area contributed by atoms with Crippen LogP contribution in [0.15, 0.2) is 53.1 Å². The maximum atomic E-state index is 13.2. The van der Waals surface area contributed by atoms with E-state index in [9.17, 15) is 14.8 Å². The fourth-order valence-corrected chi connectivity index (χ4v) is 5.39. The van der Waals surface area contributed by atoms with E-state index < -0.39 is 12.7 Å². The molecule has 0 spiro atoms. The number of rotatable bonds is 8. The fourth-order valence-electron chi connectivity index (χ4n) is 5.39. The summed E-state index contributed by atoms with van der Waals surface area (Å²) in [7, 11) is -1.44. The van der Waals surface area contributed by atoms with Gasteiger partial charge in [0.15, 0.2) is 11.4 Å². The number of carbonyl (C=O) groups is 1. The fraction of sp³-hybridized carbons (Fsp3) is 0.400. The van der Waals surface area contributed by atoms with Crippen molar-refractivity contribution in [3.63, 3.8) is 0 Å². The first-order valence-electron chi connectivity index (χ1n) is 11.1. The molecule has 0 amide bonds. The van der Waals surface area contributed by atoms with Gasteiger partial charge in [-0.1, -0.05) is 48.9 Å². The third kappa shape index (κ3) is 3.43. The number of carbonyl (C=O) groups excluding carboxylic acids is 1. The first kappa shape index (κ1) is 20.5. The number of ether oxygens (including phenoxy) is 1. The molecular formula is C25H27BO5. The van der Waals surface area contributed by atoms with Gasteiger partial charge in [-0.05, 0) is 60.7 Å². The van der Waals surface area contributed by atoms with Gasteiger partial charge in [-0.15, -0.1) is 0 Å². The van der Waals surface area contributed by atoms with E-state index in [0.29, 0.717) is 25.7 Å². The van der Waals surface area contributed by atoms with E-state index in [1.165, 1.54) is 0 Å². The molecule has 1 saturated heterocycles. The maximum Gasteiger partial charge on any atom is 0.455 e. The van der Waals surface area contributed by atoms with E-state index in [1.54, 1.807) is 6.26 Å². The number of para-hydroxylation sites is 1. The molecule has 3 aromatic rings. The lowest BCUT2D eigenvalue weighted by molar-refractivity contribution is -0.141. The quantitative estimate of drug-likeness (QED) is 0.522. The van der Waals surface area contributed by atoms with Gasteiger partial charge >= 0.3 is 7.12 Å². The molecular weight excluding hydrogens is 391 g/mol. The Balaban J connectivity index is 1.25. The molecule has 1 aromatic heterocycles. The van der Waals surface area contributed by atoms with Gasteiger partial charge in [0.2, 0.25) is 0 Å². The van der Waals surface area contributed by atoms with Gasteiger partial charge in [-0.25, -0.2) is 0 Å². The summed E-state index contributed by atoms with van der Waals surface area (Å²) in [5, 5.41) is 20.9. The van der Waals surface area contributed by atoms with Crippen LogP contribution >= 0.6 is 0 Å². The zero-order chi connectivity index (χ0) is 21.6.